The van der Waals surface area contributed by atoms with Crippen molar-refractivity contribution < 1.29 is 9.90 Å². The molecule has 0 radical (unpaired) electrons. The van der Waals surface area contributed by atoms with Gasteiger partial charge in [0.15, 0.2) is 0 Å². The molecule has 1 N–H and O–H groups in total. The third-order valence-corrected chi connectivity index (χ3v) is 3.26. The van der Waals surface area contributed by atoms with Crippen LogP contribution in [0.5, 0.6) is 0 Å². The summed E-state index contributed by atoms with van der Waals surface area (Å²) >= 11 is 0. The summed E-state index contributed by atoms with van der Waals surface area (Å²) < 4.78 is 0. The van der Waals surface area contributed by atoms with Gasteiger partial charge in [-0.25, -0.2) is 0 Å². The highest BCUT2D eigenvalue weighted by molar-refractivity contribution is 5.77. The summed E-state index contributed by atoms with van der Waals surface area (Å²) in [4.78, 5) is 17.8. The number of aromatic nitrogens is 1. The molecule has 92 valence electrons. The lowest BCUT2D eigenvalue weighted by Gasteiger charge is -2.22. The lowest BCUT2D eigenvalue weighted by atomic mass is 10.1. The maximum Gasteiger partial charge on any atom is 0.223 e. The van der Waals surface area contributed by atoms with Gasteiger partial charge >= 0.3 is 0 Å². The van der Waals surface area contributed by atoms with E-state index in [0.717, 1.165) is 31.4 Å². The maximum atomic E-state index is 12.0. The van der Waals surface area contributed by atoms with Crippen molar-refractivity contribution in [3.8, 4) is 0 Å². The van der Waals surface area contributed by atoms with Crippen molar-refractivity contribution in [2.75, 3.05) is 13.2 Å². The molecule has 2 rings (SSSR count). The highest BCUT2D eigenvalue weighted by Crippen LogP contribution is 2.18. The van der Waals surface area contributed by atoms with Crippen molar-refractivity contribution >= 4 is 5.91 Å². The summed E-state index contributed by atoms with van der Waals surface area (Å²) in [6, 6.07) is 3.90. The Morgan fingerprint density at radius 1 is 1.59 bits per heavy atom. The zero-order chi connectivity index (χ0) is 12.1. The fourth-order valence-electron chi connectivity index (χ4n) is 2.29. The van der Waals surface area contributed by atoms with E-state index in [4.69, 9.17) is 5.11 Å². The van der Waals surface area contributed by atoms with Crippen LogP contribution < -0.4 is 0 Å². The number of amides is 1. The molecule has 17 heavy (non-hydrogen) atoms. The van der Waals surface area contributed by atoms with Gasteiger partial charge in [-0.15, -0.1) is 0 Å². The molecule has 1 unspecified atom stereocenters. The minimum Gasteiger partial charge on any atom is -0.394 e. The topological polar surface area (TPSA) is 53.4 Å². The Balaban J connectivity index is 1.85. The molecule has 0 saturated carbocycles. The first-order valence-electron chi connectivity index (χ1n) is 6.10. The molecule has 0 aliphatic carbocycles. The Kier molecular flexibility index (Phi) is 4.09. The van der Waals surface area contributed by atoms with Gasteiger partial charge in [0.05, 0.1) is 12.6 Å². The van der Waals surface area contributed by atoms with E-state index in [1.54, 1.807) is 12.4 Å². The second kappa shape index (κ2) is 5.77. The summed E-state index contributed by atoms with van der Waals surface area (Å²) in [5, 5.41) is 9.17. The molecule has 1 aliphatic rings. The summed E-state index contributed by atoms with van der Waals surface area (Å²) in [5.41, 5.74) is 1.08. The van der Waals surface area contributed by atoms with Crippen molar-refractivity contribution in [1.29, 1.82) is 0 Å². The number of nitrogens with zero attached hydrogens (tertiary/aromatic N) is 2. The molecule has 1 aliphatic heterocycles. The molecule has 2 heterocycles. The second-order valence-electron chi connectivity index (χ2n) is 4.43. The Morgan fingerprint density at radius 3 is 3.18 bits per heavy atom. The van der Waals surface area contributed by atoms with Crippen molar-refractivity contribution in [2.24, 2.45) is 0 Å². The number of likely N-dealkylation sites (tertiary alicyclic amines) is 1. The molecular formula is C13H18N2O2. The van der Waals surface area contributed by atoms with Gasteiger partial charge in [0.25, 0.3) is 0 Å². The van der Waals surface area contributed by atoms with E-state index in [9.17, 15) is 4.79 Å². The van der Waals surface area contributed by atoms with Crippen LogP contribution in [0.15, 0.2) is 24.5 Å². The van der Waals surface area contributed by atoms with Crippen molar-refractivity contribution in [2.45, 2.75) is 31.7 Å². The van der Waals surface area contributed by atoms with Crippen LogP contribution >= 0.6 is 0 Å². The molecule has 1 aromatic heterocycles. The summed E-state index contributed by atoms with van der Waals surface area (Å²) in [7, 11) is 0. The van der Waals surface area contributed by atoms with E-state index in [-0.39, 0.29) is 18.6 Å². The third-order valence-electron chi connectivity index (χ3n) is 3.26. The summed E-state index contributed by atoms with van der Waals surface area (Å²) in [6.07, 6.45) is 6.68. The molecule has 0 bridgehead atoms. The zero-order valence-corrected chi connectivity index (χ0v) is 9.88. The van der Waals surface area contributed by atoms with Gasteiger partial charge in [0, 0.05) is 25.4 Å². The predicted molar refractivity (Wildman–Crippen MR) is 64.4 cm³/mol. The molecule has 1 atom stereocenters. The average Bonchev–Trinajstić information content (AvgIpc) is 2.85. The van der Waals surface area contributed by atoms with Crippen LogP contribution in [0.4, 0.5) is 0 Å². The number of aryl methyl sites for hydroxylation is 1. The van der Waals surface area contributed by atoms with Gasteiger partial charge in [-0.1, -0.05) is 6.07 Å². The van der Waals surface area contributed by atoms with Gasteiger partial charge in [-0.2, -0.15) is 0 Å². The van der Waals surface area contributed by atoms with Gasteiger partial charge in [0.2, 0.25) is 5.91 Å². The molecule has 0 spiro atoms. The standard InChI is InChI=1S/C13H18N2O2/c16-10-12-4-2-8-15(12)13(17)6-5-11-3-1-7-14-9-11/h1,3,7,9,12,16H,2,4-6,8,10H2. The van der Waals surface area contributed by atoms with E-state index in [1.165, 1.54) is 0 Å². The van der Waals surface area contributed by atoms with Gasteiger partial charge in [-0.3, -0.25) is 9.78 Å². The fraction of sp³-hybridized carbons (Fsp3) is 0.538. The number of carbonyl (C=O) groups is 1. The number of pyridine rings is 1. The quantitative estimate of drug-likeness (QED) is 0.845. The van der Waals surface area contributed by atoms with Crippen LogP contribution in [0.25, 0.3) is 0 Å². The fourth-order valence-corrected chi connectivity index (χ4v) is 2.29. The normalized spacial score (nSPS) is 19.6. The average molecular weight is 234 g/mol. The molecule has 4 heteroatoms. The molecule has 1 amide bonds. The number of hydrogen-bond acceptors (Lipinski definition) is 3. The van der Waals surface area contributed by atoms with Crippen molar-refractivity contribution in [3.63, 3.8) is 0 Å². The van der Waals surface area contributed by atoms with Crippen LogP contribution in [-0.4, -0.2) is 40.1 Å². The highest BCUT2D eigenvalue weighted by atomic mass is 16.3. The molecule has 1 aromatic rings. The largest absolute Gasteiger partial charge is 0.394 e. The first-order valence-corrected chi connectivity index (χ1v) is 6.10. The van der Waals surface area contributed by atoms with Gasteiger partial charge < -0.3 is 10.0 Å². The SMILES string of the molecule is O=C(CCc1cccnc1)N1CCCC1CO. The zero-order valence-electron chi connectivity index (χ0n) is 9.88. The van der Waals surface area contributed by atoms with Crippen LogP contribution in [0, 0.1) is 0 Å². The molecule has 4 nitrogen and oxygen atoms in total. The Morgan fingerprint density at radius 2 is 2.47 bits per heavy atom. The van der Waals surface area contributed by atoms with E-state index in [0.29, 0.717) is 6.42 Å². The summed E-state index contributed by atoms with van der Waals surface area (Å²) in [5.74, 6) is 0.144. The lowest BCUT2D eigenvalue weighted by molar-refractivity contribution is -0.132. The number of aliphatic hydroxyl groups excluding tert-OH is 1. The first kappa shape index (κ1) is 12.0. The van der Waals surface area contributed by atoms with Crippen molar-refractivity contribution in [3.05, 3.63) is 30.1 Å². The smallest absolute Gasteiger partial charge is 0.223 e. The minimum absolute atomic E-state index is 0.0383. The van der Waals surface area contributed by atoms with Crippen LogP contribution in [-0.2, 0) is 11.2 Å². The van der Waals surface area contributed by atoms with E-state index in [2.05, 4.69) is 4.98 Å². The number of carbonyl (C=O) groups excluding carboxylic acids is 1. The Labute approximate surface area is 101 Å². The van der Waals surface area contributed by atoms with Crippen molar-refractivity contribution in [1.82, 2.24) is 9.88 Å². The Hall–Kier alpha value is -1.42. The number of aliphatic hydroxyl groups is 1. The van der Waals surface area contributed by atoms with Crippen LogP contribution in [0.2, 0.25) is 0 Å². The minimum atomic E-state index is 0.0383. The monoisotopic (exact) mass is 234 g/mol. The molecule has 1 fully saturated rings. The first-order chi connectivity index (χ1) is 8.31. The predicted octanol–water partition coefficient (Wildman–Crippen LogP) is 0.998. The molecule has 1 saturated heterocycles. The summed E-state index contributed by atoms with van der Waals surface area (Å²) in [6.45, 7) is 0.871. The number of hydrogen-bond donors (Lipinski definition) is 1. The second-order valence-corrected chi connectivity index (χ2v) is 4.43. The third kappa shape index (κ3) is 3.03. The Bertz CT molecular complexity index is 367. The van der Waals surface area contributed by atoms with E-state index >= 15 is 0 Å². The van der Waals surface area contributed by atoms with Gasteiger partial charge in [0.1, 0.15) is 0 Å². The maximum absolute atomic E-state index is 12.0. The van der Waals surface area contributed by atoms with Crippen LogP contribution in [0.3, 0.4) is 0 Å². The molecular weight excluding hydrogens is 216 g/mol. The van der Waals surface area contributed by atoms with Crippen LogP contribution in [0.1, 0.15) is 24.8 Å². The van der Waals surface area contributed by atoms with E-state index in [1.807, 2.05) is 17.0 Å². The number of rotatable bonds is 4. The highest BCUT2D eigenvalue weighted by Gasteiger charge is 2.27. The molecule has 0 aromatic carbocycles. The van der Waals surface area contributed by atoms with E-state index < -0.39 is 0 Å². The van der Waals surface area contributed by atoms with Gasteiger partial charge in [-0.05, 0) is 30.9 Å². The lowest BCUT2D eigenvalue weighted by Crippen LogP contribution is -2.37.